The Morgan fingerprint density at radius 2 is 1.23 bits per heavy atom. The van der Waals surface area contributed by atoms with Gasteiger partial charge in [-0.2, -0.15) is 4.90 Å². The van der Waals surface area contributed by atoms with Gasteiger partial charge in [0.15, 0.2) is 5.78 Å². The van der Waals surface area contributed by atoms with Crippen molar-refractivity contribution in [1.29, 1.82) is 0 Å². The van der Waals surface area contributed by atoms with Crippen molar-refractivity contribution in [1.82, 2.24) is 0 Å². The standard InChI is InChI=1S/C24H29NO5/c1-16-12-11-15-18(20(26)17-13-9-8-10-14-17)19(16)25(21(27)29-23(2,3)4)22(28)30-24(5,6)7/h8-15H,1-7H3. The number of anilines is 1. The maximum Gasteiger partial charge on any atom is 0.424 e. The summed E-state index contributed by atoms with van der Waals surface area (Å²) in [5, 5.41) is 0. The quantitative estimate of drug-likeness (QED) is 0.588. The molecule has 0 saturated carbocycles. The second-order valence-electron chi connectivity index (χ2n) is 8.96. The van der Waals surface area contributed by atoms with E-state index in [1.807, 2.05) is 6.07 Å². The van der Waals surface area contributed by atoms with Crippen LogP contribution in [0.25, 0.3) is 0 Å². The molecule has 0 unspecified atom stereocenters. The summed E-state index contributed by atoms with van der Waals surface area (Å²) in [6, 6.07) is 13.7. The number of hydrogen-bond donors (Lipinski definition) is 0. The second kappa shape index (κ2) is 8.69. The number of carbonyl (C=O) groups is 3. The number of hydrogen-bond acceptors (Lipinski definition) is 5. The molecule has 0 saturated heterocycles. The predicted octanol–water partition coefficient (Wildman–Crippen LogP) is 5.90. The minimum atomic E-state index is -0.909. The van der Waals surface area contributed by atoms with E-state index in [0.717, 1.165) is 4.90 Å². The molecule has 0 spiro atoms. The SMILES string of the molecule is Cc1cccc(C(=O)c2ccccc2)c1N(C(=O)OC(C)(C)C)C(=O)OC(C)(C)C. The summed E-state index contributed by atoms with van der Waals surface area (Å²) in [5.74, 6) is -0.314. The molecule has 6 heteroatoms. The molecule has 0 N–H and O–H groups in total. The average molecular weight is 411 g/mol. The van der Waals surface area contributed by atoms with Crippen LogP contribution in [-0.2, 0) is 9.47 Å². The van der Waals surface area contributed by atoms with Gasteiger partial charge in [0.2, 0.25) is 0 Å². The molecule has 0 aromatic heterocycles. The summed E-state index contributed by atoms with van der Waals surface area (Å²) in [4.78, 5) is 40.1. The van der Waals surface area contributed by atoms with Crippen LogP contribution in [0.2, 0.25) is 0 Å². The number of aryl methyl sites for hydroxylation is 1. The van der Waals surface area contributed by atoms with E-state index >= 15 is 0 Å². The molecular formula is C24H29NO5. The van der Waals surface area contributed by atoms with E-state index in [1.165, 1.54) is 0 Å². The van der Waals surface area contributed by atoms with Gasteiger partial charge in [0.25, 0.3) is 0 Å². The first-order chi connectivity index (χ1) is 13.8. The van der Waals surface area contributed by atoms with Gasteiger partial charge >= 0.3 is 12.2 Å². The van der Waals surface area contributed by atoms with E-state index in [4.69, 9.17) is 9.47 Å². The summed E-state index contributed by atoms with van der Waals surface area (Å²) < 4.78 is 10.9. The molecule has 0 atom stereocenters. The van der Waals surface area contributed by atoms with Gasteiger partial charge in [-0.25, -0.2) is 9.59 Å². The Kier molecular flexibility index (Phi) is 6.70. The highest BCUT2D eigenvalue weighted by Crippen LogP contribution is 2.30. The third-order valence-electron chi connectivity index (χ3n) is 3.89. The van der Waals surface area contributed by atoms with Gasteiger partial charge in [0, 0.05) is 11.1 Å². The third kappa shape index (κ3) is 5.92. The lowest BCUT2D eigenvalue weighted by Crippen LogP contribution is -2.44. The molecule has 0 fully saturated rings. The Labute approximate surface area is 177 Å². The fourth-order valence-corrected chi connectivity index (χ4v) is 2.76. The lowest BCUT2D eigenvalue weighted by molar-refractivity contribution is 0.0430. The maximum atomic E-state index is 13.2. The fourth-order valence-electron chi connectivity index (χ4n) is 2.76. The normalized spacial score (nSPS) is 11.6. The van der Waals surface area contributed by atoms with E-state index in [1.54, 1.807) is 90.9 Å². The molecule has 2 aromatic rings. The van der Waals surface area contributed by atoms with Crippen molar-refractivity contribution in [2.45, 2.75) is 59.7 Å². The Morgan fingerprint density at radius 3 is 1.70 bits per heavy atom. The number of benzene rings is 2. The lowest BCUT2D eigenvalue weighted by Gasteiger charge is -2.30. The van der Waals surface area contributed by atoms with Crippen molar-refractivity contribution >= 4 is 23.7 Å². The summed E-state index contributed by atoms with van der Waals surface area (Å²) >= 11 is 0. The minimum Gasteiger partial charge on any atom is -0.443 e. The summed E-state index contributed by atoms with van der Waals surface area (Å²) in [6.07, 6.45) is -1.82. The Balaban J connectivity index is 2.64. The molecule has 6 nitrogen and oxygen atoms in total. The van der Waals surface area contributed by atoms with Crippen LogP contribution in [0.1, 0.15) is 63.0 Å². The molecule has 0 aliphatic rings. The zero-order valence-corrected chi connectivity index (χ0v) is 18.6. The summed E-state index contributed by atoms with van der Waals surface area (Å²) in [7, 11) is 0. The minimum absolute atomic E-state index is 0.148. The van der Waals surface area contributed by atoms with Gasteiger partial charge in [-0.3, -0.25) is 4.79 Å². The zero-order chi connectivity index (χ0) is 22.7. The number of ether oxygens (including phenoxy) is 2. The molecule has 2 amide bonds. The van der Waals surface area contributed by atoms with Crippen LogP contribution in [0.5, 0.6) is 0 Å². The van der Waals surface area contributed by atoms with Gasteiger partial charge in [0.1, 0.15) is 11.2 Å². The molecule has 0 heterocycles. The first kappa shape index (κ1) is 23.1. The van der Waals surface area contributed by atoms with Crippen LogP contribution >= 0.6 is 0 Å². The average Bonchev–Trinajstić information content (AvgIpc) is 2.60. The summed E-state index contributed by atoms with van der Waals surface area (Å²) in [6.45, 7) is 11.9. The van der Waals surface area contributed by atoms with Crippen molar-refractivity contribution < 1.29 is 23.9 Å². The topological polar surface area (TPSA) is 72.9 Å². The molecule has 0 aliphatic carbocycles. The highest BCUT2D eigenvalue weighted by Gasteiger charge is 2.36. The maximum absolute atomic E-state index is 13.2. The molecule has 2 rings (SSSR count). The second-order valence-corrected chi connectivity index (χ2v) is 8.96. The van der Waals surface area contributed by atoms with Crippen molar-refractivity contribution in [2.24, 2.45) is 0 Å². The van der Waals surface area contributed by atoms with Gasteiger partial charge in [-0.1, -0.05) is 42.5 Å². The van der Waals surface area contributed by atoms with Gasteiger partial charge in [0.05, 0.1) is 5.69 Å². The number of nitrogens with zero attached hydrogens (tertiary/aromatic N) is 1. The largest absolute Gasteiger partial charge is 0.443 e. The molecule has 30 heavy (non-hydrogen) atoms. The van der Waals surface area contributed by atoms with Crippen LogP contribution in [0, 0.1) is 6.92 Å². The van der Waals surface area contributed by atoms with Crippen LogP contribution in [-0.4, -0.2) is 29.2 Å². The Morgan fingerprint density at radius 1 is 0.733 bits per heavy atom. The number of imide groups is 1. The molecular weight excluding hydrogens is 382 g/mol. The number of ketones is 1. The van der Waals surface area contributed by atoms with E-state index in [-0.39, 0.29) is 17.0 Å². The van der Waals surface area contributed by atoms with E-state index in [0.29, 0.717) is 11.1 Å². The van der Waals surface area contributed by atoms with Crippen molar-refractivity contribution in [2.75, 3.05) is 4.90 Å². The molecule has 0 aliphatic heterocycles. The fraction of sp³-hybridized carbons (Fsp3) is 0.375. The first-order valence-corrected chi connectivity index (χ1v) is 9.75. The van der Waals surface area contributed by atoms with Crippen molar-refractivity contribution in [3.63, 3.8) is 0 Å². The van der Waals surface area contributed by atoms with Crippen molar-refractivity contribution in [3.8, 4) is 0 Å². The van der Waals surface area contributed by atoms with Crippen LogP contribution in [0.15, 0.2) is 48.5 Å². The van der Waals surface area contributed by atoms with E-state index in [9.17, 15) is 14.4 Å². The molecule has 0 radical (unpaired) electrons. The van der Waals surface area contributed by atoms with Gasteiger partial charge in [-0.05, 0) is 60.1 Å². The number of rotatable bonds is 3. The highest BCUT2D eigenvalue weighted by atomic mass is 16.6. The zero-order valence-electron chi connectivity index (χ0n) is 18.6. The van der Waals surface area contributed by atoms with Gasteiger partial charge < -0.3 is 9.47 Å². The number of amides is 2. The molecule has 2 aromatic carbocycles. The highest BCUT2D eigenvalue weighted by molar-refractivity contribution is 6.19. The van der Waals surface area contributed by atoms with E-state index < -0.39 is 23.4 Å². The molecule has 0 bridgehead atoms. The predicted molar refractivity (Wildman–Crippen MR) is 116 cm³/mol. The van der Waals surface area contributed by atoms with Crippen LogP contribution in [0.3, 0.4) is 0 Å². The summed E-state index contributed by atoms with van der Waals surface area (Å²) in [5.41, 5.74) is -0.327. The monoisotopic (exact) mass is 411 g/mol. The van der Waals surface area contributed by atoms with E-state index in [2.05, 4.69) is 0 Å². The van der Waals surface area contributed by atoms with Crippen LogP contribution < -0.4 is 4.90 Å². The number of carbonyl (C=O) groups excluding carboxylic acids is 3. The van der Waals surface area contributed by atoms with Gasteiger partial charge in [-0.15, -0.1) is 0 Å². The van der Waals surface area contributed by atoms with Crippen LogP contribution in [0.4, 0.5) is 15.3 Å². The first-order valence-electron chi connectivity index (χ1n) is 9.75. The molecule has 160 valence electrons. The smallest absolute Gasteiger partial charge is 0.424 e. The Hall–Kier alpha value is -3.15. The third-order valence-corrected chi connectivity index (χ3v) is 3.89. The lowest BCUT2D eigenvalue weighted by atomic mass is 9.98. The Bertz CT molecular complexity index is 908. The number of para-hydroxylation sites is 1. The van der Waals surface area contributed by atoms with Crippen molar-refractivity contribution in [3.05, 3.63) is 65.2 Å².